The van der Waals surface area contributed by atoms with E-state index in [0.29, 0.717) is 13.2 Å². The first kappa shape index (κ1) is 9.93. The highest BCUT2D eigenvalue weighted by atomic mass is 16.5. The summed E-state index contributed by atoms with van der Waals surface area (Å²) in [5.41, 5.74) is 0. The van der Waals surface area contributed by atoms with Crippen LogP contribution < -0.4 is 5.32 Å². The minimum Gasteiger partial charge on any atom is -0.377 e. The normalized spacial score (nSPS) is 25.3. The quantitative estimate of drug-likeness (QED) is 0.670. The molecule has 1 N–H and O–H groups in total. The van der Waals surface area contributed by atoms with Gasteiger partial charge >= 0.3 is 0 Å². The van der Waals surface area contributed by atoms with Gasteiger partial charge in [0.15, 0.2) is 0 Å². The Morgan fingerprint density at radius 3 is 2.57 bits per heavy atom. The van der Waals surface area contributed by atoms with Crippen molar-refractivity contribution in [3.63, 3.8) is 0 Å². The lowest BCUT2D eigenvalue weighted by Crippen LogP contribution is -2.41. The monoisotopic (exact) mass is 198 g/mol. The molecule has 0 radical (unpaired) electrons. The zero-order valence-corrected chi connectivity index (χ0v) is 8.50. The molecule has 4 nitrogen and oxygen atoms in total. The number of hydrogen-bond donors (Lipinski definition) is 1. The van der Waals surface area contributed by atoms with Crippen molar-refractivity contribution in [2.24, 2.45) is 4.99 Å². The predicted octanol–water partition coefficient (Wildman–Crippen LogP) is 0.574. The van der Waals surface area contributed by atoms with Gasteiger partial charge in [-0.1, -0.05) is 0 Å². The third-order valence-corrected chi connectivity index (χ3v) is 2.51. The van der Waals surface area contributed by atoms with Crippen LogP contribution in [0.3, 0.4) is 0 Å². The van der Waals surface area contributed by atoms with Crippen molar-refractivity contribution < 1.29 is 9.47 Å². The van der Waals surface area contributed by atoms with Crippen LogP contribution in [0.1, 0.15) is 19.3 Å². The summed E-state index contributed by atoms with van der Waals surface area (Å²) in [6.07, 6.45) is 3.56. The summed E-state index contributed by atoms with van der Waals surface area (Å²) in [5.74, 6) is 1.13. The van der Waals surface area contributed by atoms with Crippen molar-refractivity contribution in [3.8, 4) is 0 Å². The molecule has 1 saturated heterocycles. The van der Waals surface area contributed by atoms with E-state index in [1.54, 1.807) is 0 Å². The first-order valence-corrected chi connectivity index (χ1v) is 5.40. The van der Waals surface area contributed by atoms with Crippen molar-refractivity contribution in [3.05, 3.63) is 0 Å². The molecule has 0 saturated carbocycles. The van der Waals surface area contributed by atoms with Crippen LogP contribution in [-0.4, -0.2) is 44.8 Å². The molecule has 0 spiro atoms. The maximum Gasteiger partial charge on any atom is 0.0966 e. The topological polar surface area (TPSA) is 42.8 Å². The summed E-state index contributed by atoms with van der Waals surface area (Å²) in [5, 5.41) is 3.40. The first-order chi connectivity index (χ1) is 6.95. The summed E-state index contributed by atoms with van der Waals surface area (Å²) in [6, 6.07) is 0.286. The number of nitrogens with one attached hydrogen (secondary N) is 1. The largest absolute Gasteiger partial charge is 0.377 e. The molecule has 80 valence electrons. The Hall–Kier alpha value is -0.610. The molecule has 0 bridgehead atoms. The highest BCUT2D eigenvalue weighted by molar-refractivity contribution is 5.82. The van der Waals surface area contributed by atoms with Gasteiger partial charge in [0.1, 0.15) is 0 Å². The van der Waals surface area contributed by atoms with Gasteiger partial charge in [-0.05, 0) is 12.8 Å². The predicted molar refractivity (Wildman–Crippen MR) is 54.7 cm³/mol. The Bertz CT molecular complexity index is 198. The lowest BCUT2D eigenvalue weighted by molar-refractivity contribution is 0.103. The second-order valence-electron chi connectivity index (χ2n) is 3.78. The number of amidine groups is 1. The van der Waals surface area contributed by atoms with Crippen molar-refractivity contribution in [2.45, 2.75) is 25.3 Å². The van der Waals surface area contributed by atoms with E-state index < -0.39 is 0 Å². The molecule has 2 aliphatic heterocycles. The number of aliphatic imine (C=N–C) groups is 1. The molecule has 0 aromatic heterocycles. The van der Waals surface area contributed by atoms with Crippen LogP contribution in [0.4, 0.5) is 0 Å². The Labute approximate surface area is 84.7 Å². The summed E-state index contributed by atoms with van der Waals surface area (Å²) in [6.45, 7) is 3.87. The first-order valence-electron chi connectivity index (χ1n) is 5.40. The van der Waals surface area contributed by atoms with Gasteiger partial charge in [-0.25, -0.2) is 0 Å². The van der Waals surface area contributed by atoms with Crippen LogP contribution in [0.5, 0.6) is 0 Å². The minimum absolute atomic E-state index is 0.286. The molecule has 0 amide bonds. The van der Waals surface area contributed by atoms with Crippen LogP contribution in [0, 0.1) is 0 Å². The van der Waals surface area contributed by atoms with Crippen molar-refractivity contribution in [1.29, 1.82) is 0 Å². The highest BCUT2D eigenvalue weighted by Gasteiger charge is 2.15. The van der Waals surface area contributed by atoms with E-state index in [4.69, 9.17) is 9.47 Å². The molecule has 0 aromatic rings. The molecule has 0 unspecified atom stereocenters. The number of hydrogen-bond acceptors (Lipinski definition) is 4. The van der Waals surface area contributed by atoms with E-state index in [1.165, 1.54) is 12.8 Å². The second kappa shape index (κ2) is 5.32. The van der Waals surface area contributed by atoms with Gasteiger partial charge in [0, 0.05) is 13.0 Å². The van der Waals surface area contributed by atoms with Gasteiger partial charge in [0.05, 0.1) is 38.3 Å². The fourth-order valence-corrected chi connectivity index (χ4v) is 1.75. The average Bonchev–Trinajstić information content (AvgIpc) is 2.48. The maximum atomic E-state index is 5.41. The highest BCUT2D eigenvalue weighted by Crippen LogP contribution is 2.05. The lowest BCUT2D eigenvalue weighted by Gasteiger charge is -2.20. The molecule has 2 heterocycles. The molecule has 0 aromatic carbocycles. The fourth-order valence-electron chi connectivity index (χ4n) is 1.75. The molecule has 14 heavy (non-hydrogen) atoms. The van der Waals surface area contributed by atoms with E-state index in [1.807, 2.05) is 0 Å². The number of ether oxygens (including phenoxy) is 2. The summed E-state index contributed by atoms with van der Waals surface area (Å²) < 4.78 is 10.8. The fraction of sp³-hybridized carbons (Fsp3) is 0.900. The SMILES string of the molecule is C1CCC(NC2COCCOC2)=NC1. The molecule has 2 rings (SSSR count). The van der Waals surface area contributed by atoms with Crippen molar-refractivity contribution in [2.75, 3.05) is 33.0 Å². The molecule has 1 fully saturated rings. The van der Waals surface area contributed by atoms with Gasteiger partial charge < -0.3 is 14.8 Å². The molecular formula is C10H18N2O2. The second-order valence-corrected chi connectivity index (χ2v) is 3.78. The van der Waals surface area contributed by atoms with E-state index in [2.05, 4.69) is 10.3 Å². The van der Waals surface area contributed by atoms with E-state index >= 15 is 0 Å². The average molecular weight is 198 g/mol. The van der Waals surface area contributed by atoms with E-state index in [-0.39, 0.29) is 6.04 Å². The van der Waals surface area contributed by atoms with Crippen LogP contribution >= 0.6 is 0 Å². The summed E-state index contributed by atoms with van der Waals surface area (Å²) in [7, 11) is 0. The maximum absolute atomic E-state index is 5.41. The molecule has 0 aliphatic carbocycles. The lowest BCUT2D eigenvalue weighted by atomic mass is 10.1. The van der Waals surface area contributed by atoms with Crippen LogP contribution in [-0.2, 0) is 9.47 Å². The third-order valence-electron chi connectivity index (χ3n) is 2.51. The Morgan fingerprint density at radius 1 is 1.14 bits per heavy atom. The molecule has 0 atom stereocenters. The van der Waals surface area contributed by atoms with Crippen molar-refractivity contribution >= 4 is 5.84 Å². The Kier molecular flexibility index (Phi) is 3.77. The van der Waals surface area contributed by atoms with E-state index in [9.17, 15) is 0 Å². The zero-order chi connectivity index (χ0) is 9.64. The summed E-state index contributed by atoms with van der Waals surface area (Å²) >= 11 is 0. The summed E-state index contributed by atoms with van der Waals surface area (Å²) in [4.78, 5) is 4.45. The van der Waals surface area contributed by atoms with E-state index in [0.717, 1.165) is 32.0 Å². The van der Waals surface area contributed by atoms with Gasteiger partial charge in [-0.3, -0.25) is 4.99 Å². The van der Waals surface area contributed by atoms with Crippen LogP contribution in [0.25, 0.3) is 0 Å². The van der Waals surface area contributed by atoms with Gasteiger partial charge in [-0.15, -0.1) is 0 Å². The van der Waals surface area contributed by atoms with Gasteiger partial charge in [-0.2, -0.15) is 0 Å². The minimum atomic E-state index is 0.286. The smallest absolute Gasteiger partial charge is 0.0966 e. The molecule has 4 heteroatoms. The standard InChI is InChI=1S/C10H18N2O2/c1-2-4-11-10(3-1)12-9-7-13-5-6-14-8-9/h9H,1-8H2,(H,11,12). The third kappa shape index (κ3) is 2.96. The van der Waals surface area contributed by atoms with Crippen molar-refractivity contribution in [1.82, 2.24) is 5.32 Å². The van der Waals surface area contributed by atoms with Gasteiger partial charge in [0.2, 0.25) is 0 Å². The molecule has 2 aliphatic rings. The van der Waals surface area contributed by atoms with Gasteiger partial charge in [0.25, 0.3) is 0 Å². The van der Waals surface area contributed by atoms with Crippen LogP contribution in [0.2, 0.25) is 0 Å². The van der Waals surface area contributed by atoms with Crippen LogP contribution in [0.15, 0.2) is 4.99 Å². The Balaban J connectivity index is 1.79. The number of rotatable bonds is 1. The molecular weight excluding hydrogens is 180 g/mol. The Morgan fingerprint density at radius 2 is 1.93 bits per heavy atom. The zero-order valence-electron chi connectivity index (χ0n) is 8.50. The number of nitrogens with zero attached hydrogens (tertiary/aromatic N) is 1.